The molecule has 182 valence electrons. The molecular weight excluding hydrogens is 472 g/mol. The lowest BCUT2D eigenvalue weighted by atomic mass is 9.84. The number of hydrogen-bond acceptors (Lipinski definition) is 1. The Labute approximate surface area is 233 Å². The van der Waals surface area contributed by atoms with Gasteiger partial charge >= 0.3 is 0 Å². The minimum Gasteiger partial charge on any atom is -0.456 e. The van der Waals surface area contributed by atoms with Crippen LogP contribution in [0.15, 0.2) is 150 Å². The summed E-state index contributed by atoms with van der Waals surface area (Å²) in [5.74, 6) is 0. The Kier molecular flexibility index (Phi) is 3.89. The molecule has 1 nitrogen and oxygen atoms in total. The van der Waals surface area contributed by atoms with E-state index in [0.717, 1.165) is 49.0 Å². The first kappa shape index (κ1) is 17.4. The molecule has 1 heteroatoms. The second-order valence-corrected chi connectivity index (χ2v) is 9.67. The van der Waals surface area contributed by atoms with Gasteiger partial charge in [-0.3, -0.25) is 0 Å². The Balaban J connectivity index is 1.56. The lowest BCUT2D eigenvalue weighted by Crippen LogP contribution is -1.91. The van der Waals surface area contributed by atoms with Crippen molar-refractivity contribution in [3.8, 4) is 33.4 Å². The highest BCUT2D eigenvalue weighted by Crippen LogP contribution is 2.48. The van der Waals surface area contributed by atoms with Crippen LogP contribution < -0.4 is 0 Å². The molecule has 0 bridgehead atoms. The van der Waals surface area contributed by atoms with Crippen molar-refractivity contribution in [2.75, 3.05) is 0 Å². The number of benzene rings is 7. The molecule has 0 saturated heterocycles. The topological polar surface area (TPSA) is 13.1 Å². The summed E-state index contributed by atoms with van der Waals surface area (Å²) in [6.45, 7) is 0. The van der Waals surface area contributed by atoms with Crippen LogP contribution in [0.25, 0.3) is 76.9 Å². The zero-order valence-electron chi connectivity index (χ0n) is 25.9. The fourth-order valence-electron chi connectivity index (χ4n) is 6.00. The van der Waals surface area contributed by atoms with E-state index < -0.39 is 6.04 Å². The molecule has 0 radical (unpaired) electrons. The summed E-state index contributed by atoms with van der Waals surface area (Å²) in [4.78, 5) is 0. The van der Waals surface area contributed by atoms with Gasteiger partial charge in [-0.15, -0.1) is 0 Å². The predicted octanol–water partition coefficient (Wildman–Crippen LogP) is 10.9. The Morgan fingerprint density at radius 1 is 0.410 bits per heavy atom. The monoisotopic (exact) mass is 501 g/mol. The van der Waals surface area contributed by atoms with Crippen molar-refractivity contribution in [1.82, 2.24) is 0 Å². The van der Waals surface area contributed by atoms with Crippen LogP contribution in [0, 0.1) is 0 Å². The van der Waals surface area contributed by atoms with E-state index in [1.807, 2.05) is 30.3 Å². The van der Waals surface area contributed by atoms with Crippen LogP contribution in [0.4, 0.5) is 0 Å². The first-order valence-corrected chi connectivity index (χ1v) is 13.0. The fourth-order valence-corrected chi connectivity index (χ4v) is 6.00. The number of hydrogen-bond donors (Lipinski definition) is 0. The molecule has 0 spiro atoms. The molecule has 8 rings (SSSR count). The van der Waals surface area contributed by atoms with E-state index in [-0.39, 0.29) is 29.7 Å². The first-order valence-electron chi connectivity index (χ1n) is 15.5. The van der Waals surface area contributed by atoms with Crippen molar-refractivity contribution in [3.05, 3.63) is 145 Å². The number of furan rings is 1. The van der Waals surface area contributed by atoms with Gasteiger partial charge in [0.25, 0.3) is 0 Å². The number of rotatable bonds is 3. The van der Waals surface area contributed by atoms with Gasteiger partial charge in [-0.1, -0.05) is 133 Å². The summed E-state index contributed by atoms with van der Waals surface area (Å²) in [6.07, 6.45) is 0. The van der Waals surface area contributed by atoms with Crippen molar-refractivity contribution in [3.63, 3.8) is 0 Å². The van der Waals surface area contributed by atoms with E-state index in [4.69, 9.17) is 11.3 Å². The molecule has 0 atom stereocenters. The third-order valence-corrected chi connectivity index (χ3v) is 7.55. The van der Waals surface area contributed by atoms with E-state index in [1.165, 1.54) is 5.56 Å². The van der Waals surface area contributed by atoms with E-state index in [0.29, 0.717) is 16.7 Å². The van der Waals surface area contributed by atoms with Gasteiger partial charge in [-0.2, -0.15) is 0 Å². The van der Waals surface area contributed by atoms with Gasteiger partial charge < -0.3 is 4.42 Å². The van der Waals surface area contributed by atoms with Crippen molar-refractivity contribution >= 4 is 43.5 Å². The Hall–Kier alpha value is -5.14. The summed E-state index contributed by atoms with van der Waals surface area (Å²) < 4.78 is 48.7. The predicted molar refractivity (Wildman–Crippen MR) is 165 cm³/mol. The maximum absolute atomic E-state index is 8.74. The maximum Gasteiger partial charge on any atom is 0.136 e. The number of fused-ring (bicyclic) bond motifs is 5. The molecule has 1 aromatic heterocycles. The molecular formula is C38H24O. The Bertz CT molecular complexity index is 2360. The van der Waals surface area contributed by atoms with Crippen LogP contribution in [0.1, 0.15) is 6.85 Å². The van der Waals surface area contributed by atoms with Crippen molar-refractivity contribution in [2.24, 2.45) is 0 Å². The van der Waals surface area contributed by atoms with E-state index >= 15 is 0 Å². The largest absolute Gasteiger partial charge is 0.456 e. The molecule has 0 aliphatic heterocycles. The average molecular weight is 502 g/mol. The molecule has 1 heterocycles. The summed E-state index contributed by atoms with van der Waals surface area (Å²) in [5, 5.41) is 6.00. The van der Waals surface area contributed by atoms with Gasteiger partial charge in [0.15, 0.2) is 0 Å². The van der Waals surface area contributed by atoms with Crippen LogP contribution >= 0.6 is 0 Å². The third kappa shape index (κ3) is 3.34. The van der Waals surface area contributed by atoms with E-state index in [1.54, 1.807) is 6.07 Å². The SMILES string of the molecule is [2H]c1c([2H])c([2H])c(-c2cccc3oc4cccc(-c5c6ccccc6c(-c6ccccc6)c6ccccc56)c4c23)c([2H])c1[2H]. The Morgan fingerprint density at radius 3 is 1.54 bits per heavy atom. The fraction of sp³-hybridized carbons (Fsp3) is 0. The minimum atomic E-state index is -0.412. The van der Waals surface area contributed by atoms with E-state index in [9.17, 15) is 0 Å². The average Bonchev–Trinajstić information content (AvgIpc) is 3.46. The van der Waals surface area contributed by atoms with Crippen LogP contribution in [-0.2, 0) is 0 Å². The lowest BCUT2D eigenvalue weighted by molar-refractivity contribution is 0.669. The molecule has 0 N–H and O–H groups in total. The zero-order chi connectivity index (χ0) is 30.1. The summed E-state index contributed by atoms with van der Waals surface area (Å²) in [7, 11) is 0. The highest BCUT2D eigenvalue weighted by atomic mass is 16.3. The van der Waals surface area contributed by atoms with Gasteiger partial charge in [0, 0.05) is 10.8 Å². The normalized spacial score (nSPS) is 13.4. The molecule has 8 aromatic rings. The molecule has 0 aliphatic carbocycles. The zero-order valence-corrected chi connectivity index (χ0v) is 20.9. The molecule has 7 aromatic carbocycles. The van der Waals surface area contributed by atoms with Crippen molar-refractivity contribution < 1.29 is 11.3 Å². The minimum absolute atomic E-state index is 0.160. The third-order valence-electron chi connectivity index (χ3n) is 7.55. The summed E-state index contributed by atoms with van der Waals surface area (Å²) in [5.41, 5.74) is 6.27. The molecule has 0 amide bonds. The van der Waals surface area contributed by atoms with Gasteiger partial charge in [0.05, 0.1) is 6.85 Å². The molecule has 0 unspecified atom stereocenters. The van der Waals surface area contributed by atoms with E-state index in [2.05, 4.69) is 78.9 Å². The van der Waals surface area contributed by atoms with Crippen LogP contribution in [0.5, 0.6) is 0 Å². The summed E-state index contributed by atoms with van der Waals surface area (Å²) in [6, 6.07) is 37.2. The standard InChI is InChI=1S/C38H24O/c1-3-13-25(14-4-1)27-21-11-23-33-37(27)38-32(22-12-24-34(38)39-33)36-30-19-9-7-17-28(30)35(26-15-5-2-6-16-26)29-18-8-10-20-31(29)36/h1-24H/i1D,3D,4D,13D,14D. The second-order valence-electron chi connectivity index (χ2n) is 9.67. The molecule has 39 heavy (non-hydrogen) atoms. The quantitative estimate of drug-likeness (QED) is 0.219. The van der Waals surface area contributed by atoms with Crippen LogP contribution in [-0.4, -0.2) is 0 Å². The molecule has 0 fully saturated rings. The maximum atomic E-state index is 8.74. The van der Waals surface area contributed by atoms with Gasteiger partial charge in [-0.25, -0.2) is 0 Å². The van der Waals surface area contributed by atoms with Gasteiger partial charge in [-0.05, 0) is 67.1 Å². The highest BCUT2D eigenvalue weighted by molar-refractivity contribution is 6.26. The Morgan fingerprint density at radius 2 is 0.923 bits per heavy atom. The van der Waals surface area contributed by atoms with Crippen LogP contribution in [0.2, 0.25) is 0 Å². The highest BCUT2D eigenvalue weighted by Gasteiger charge is 2.21. The van der Waals surface area contributed by atoms with Gasteiger partial charge in [0.2, 0.25) is 0 Å². The smallest absolute Gasteiger partial charge is 0.136 e. The molecule has 0 saturated carbocycles. The van der Waals surface area contributed by atoms with Crippen molar-refractivity contribution in [2.45, 2.75) is 0 Å². The summed E-state index contributed by atoms with van der Waals surface area (Å²) >= 11 is 0. The second kappa shape index (κ2) is 8.72. The van der Waals surface area contributed by atoms with Gasteiger partial charge in [0.1, 0.15) is 11.2 Å². The lowest BCUT2D eigenvalue weighted by Gasteiger charge is -2.18. The first-order chi connectivity index (χ1) is 21.5. The molecule has 0 aliphatic rings. The van der Waals surface area contributed by atoms with Crippen molar-refractivity contribution in [1.29, 1.82) is 0 Å². The van der Waals surface area contributed by atoms with Crippen LogP contribution in [0.3, 0.4) is 0 Å².